The molecular weight excluding hydrogens is 781 g/mol. The highest BCUT2D eigenvalue weighted by Crippen LogP contribution is 2.17. The molecule has 2 aromatic heterocycles. The van der Waals surface area contributed by atoms with Gasteiger partial charge in [-0.15, -0.1) is 0 Å². The average Bonchev–Trinajstić information content (AvgIpc) is 3.19. The van der Waals surface area contributed by atoms with Crippen LogP contribution in [-0.2, 0) is 55.9 Å². The van der Waals surface area contributed by atoms with Gasteiger partial charge in [-0.2, -0.15) is 34.9 Å². The third-order valence-electron chi connectivity index (χ3n) is 9.57. The molecule has 17 heteroatoms. The van der Waals surface area contributed by atoms with Gasteiger partial charge in [-0.1, -0.05) is 100 Å². The van der Waals surface area contributed by atoms with E-state index in [-0.39, 0.29) is 25.9 Å². The second-order valence-electron chi connectivity index (χ2n) is 14.9. The summed E-state index contributed by atoms with van der Waals surface area (Å²) >= 11 is 0. The number of pyridine rings is 2. The van der Waals surface area contributed by atoms with Crippen molar-refractivity contribution < 1.29 is 31.5 Å². The lowest BCUT2D eigenvalue weighted by Gasteiger charge is -2.34. The Bertz CT molecular complexity index is 1950. The molecule has 4 rings (SSSR count). The molecule has 314 valence electrons. The first-order valence-corrected chi connectivity index (χ1v) is 22.0. The maximum atomic E-state index is 14.1. The number of aromatic nitrogens is 2. The summed E-state index contributed by atoms with van der Waals surface area (Å²) in [7, 11) is -5.62. The number of carbonyl (C=O) groups excluding carboxylic acids is 2. The van der Waals surface area contributed by atoms with E-state index >= 15 is 0 Å². The highest BCUT2D eigenvalue weighted by atomic mass is 32.2. The zero-order chi connectivity index (χ0) is 42.5. The summed E-state index contributed by atoms with van der Waals surface area (Å²) in [6, 6.07) is 24.0. The van der Waals surface area contributed by atoms with Gasteiger partial charge in [-0.25, -0.2) is 0 Å². The molecule has 0 fully saturated rings. The molecule has 58 heavy (non-hydrogen) atoms. The predicted molar refractivity (Wildman–Crippen MR) is 223 cm³/mol. The third kappa shape index (κ3) is 13.8. The molecule has 4 atom stereocenters. The van der Waals surface area contributed by atoms with Gasteiger partial charge in [0.1, 0.15) is 12.1 Å². The van der Waals surface area contributed by atoms with Gasteiger partial charge in [-0.3, -0.25) is 19.6 Å². The summed E-state index contributed by atoms with van der Waals surface area (Å²) < 4.78 is 61.2. The Labute approximate surface area is 343 Å². The molecule has 0 saturated heterocycles. The summed E-state index contributed by atoms with van der Waals surface area (Å²) in [6.45, 7) is 6.74. The van der Waals surface area contributed by atoms with Gasteiger partial charge in [0.05, 0.1) is 42.7 Å². The SMILES string of the molecule is CC(C)[C@H](NS(=O)(=O)N(C)Cc1ccccn1)C(=O)N[C@@H](Cc1ccccc1)C(O)[C@H](Cc1ccccc1)NC(=O)[C@@H](NS(=O)(=O)N(C)Cc1ccccn1)C(C)C. The molecule has 4 aromatic rings. The number of hydrogen-bond acceptors (Lipinski definition) is 9. The quantitative estimate of drug-likeness (QED) is 0.0789. The second-order valence-corrected chi connectivity index (χ2v) is 18.6. The number of amides is 2. The molecule has 0 aliphatic heterocycles. The summed E-state index contributed by atoms with van der Waals surface area (Å²) in [5, 5.41) is 18.1. The number of hydrogen-bond donors (Lipinski definition) is 5. The van der Waals surface area contributed by atoms with Crippen LogP contribution in [0.25, 0.3) is 0 Å². The number of rotatable bonds is 22. The van der Waals surface area contributed by atoms with Crippen LogP contribution < -0.4 is 20.1 Å². The fourth-order valence-electron chi connectivity index (χ4n) is 6.17. The van der Waals surface area contributed by atoms with Crippen molar-refractivity contribution in [2.75, 3.05) is 14.1 Å². The van der Waals surface area contributed by atoms with Crippen molar-refractivity contribution in [3.8, 4) is 0 Å². The fraction of sp³-hybridized carbons (Fsp3) is 0.415. The smallest absolute Gasteiger partial charge is 0.280 e. The molecule has 5 N–H and O–H groups in total. The monoisotopic (exact) mass is 836 g/mol. The molecule has 0 unspecified atom stereocenters. The van der Waals surface area contributed by atoms with Crippen molar-refractivity contribution in [3.63, 3.8) is 0 Å². The molecule has 0 spiro atoms. The number of nitrogens with one attached hydrogen (secondary N) is 4. The Balaban J connectivity index is 1.62. The van der Waals surface area contributed by atoms with Crippen molar-refractivity contribution in [2.45, 2.75) is 83.9 Å². The Morgan fingerprint density at radius 1 is 0.586 bits per heavy atom. The lowest BCUT2D eigenvalue weighted by atomic mass is 9.91. The third-order valence-corrected chi connectivity index (χ3v) is 12.6. The molecule has 0 bridgehead atoms. The van der Waals surface area contributed by atoms with E-state index in [1.807, 2.05) is 60.7 Å². The Morgan fingerprint density at radius 3 is 1.24 bits per heavy atom. The minimum absolute atomic E-state index is 0.0349. The largest absolute Gasteiger partial charge is 0.389 e. The van der Waals surface area contributed by atoms with Gasteiger partial charge in [0, 0.05) is 26.5 Å². The fourth-order valence-corrected chi connectivity index (χ4v) is 8.54. The molecule has 0 aliphatic carbocycles. The summed E-state index contributed by atoms with van der Waals surface area (Å²) in [5.41, 5.74) is 2.55. The molecule has 15 nitrogen and oxygen atoms in total. The molecule has 0 saturated carbocycles. The number of carbonyl (C=O) groups is 2. The van der Waals surface area contributed by atoms with E-state index in [1.165, 1.54) is 14.1 Å². The number of aliphatic hydroxyl groups excluding tert-OH is 1. The lowest BCUT2D eigenvalue weighted by Crippen LogP contribution is -2.62. The highest BCUT2D eigenvalue weighted by Gasteiger charge is 2.37. The van der Waals surface area contributed by atoms with Crippen LogP contribution in [0.4, 0.5) is 0 Å². The maximum Gasteiger partial charge on any atom is 0.280 e. The van der Waals surface area contributed by atoms with Crippen LogP contribution in [0.5, 0.6) is 0 Å². The Morgan fingerprint density at radius 2 is 0.931 bits per heavy atom. The van der Waals surface area contributed by atoms with E-state index in [4.69, 9.17) is 0 Å². The Kier molecular flexibility index (Phi) is 17.0. The molecule has 2 amide bonds. The van der Waals surface area contributed by atoms with Crippen molar-refractivity contribution in [3.05, 3.63) is 132 Å². The first-order chi connectivity index (χ1) is 27.5. The van der Waals surface area contributed by atoms with Crippen LogP contribution in [0.3, 0.4) is 0 Å². The summed E-state index contributed by atoms with van der Waals surface area (Å²) in [4.78, 5) is 36.7. The van der Waals surface area contributed by atoms with Crippen LogP contribution >= 0.6 is 0 Å². The van der Waals surface area contributed by atoms with Gasteiger partial charge in [0.2, 0.25) is 11.8 Å². The van der Waals surface area contributed by atoms with Gasteiger partial charge in [0.25, 0.3) is 20.4 Å². The van der Waals surface area contributed by atoms with Crippen LogP contribution in [0.2, 0.25) is 0 Å². The first kappa shape index (κ1) is 46.1. The van der Waals surface area contributed by atoms with E-state index in [9.17, 15) is 31.5 Å². The van der Waals surface area contributed by atoms with E-state index in [0.717, 1.165) is 19.7 Å². The first-order valence-electron chi connectivity index (χ1n) is 19.1. The molecule has 2 heterocycles. The van der Waals surface area contributed by atoms with Crippen LogP contribution in [0.15, 0.2) is 109 Å². The van der Waals surface area contributed by atoms with Gasteiger partial charge in [-0.05, 0) is 60.1 Å². The highest BCUT2D eigenvalue weighted by molar-refractivity contribution is 7.87. The van der Waals surface area contributed by atoms with Crippen LogP contribution in [0.1, 0.15) is 50.2 Å². The molecule has 2 aromatic carbocycles. The van der Waals surface area contributed by atoms with Gasteiger partial charge < -0.3 is 15.7 Å². The Hall–Kier alpha value is -4.62. The predicted octanol–water partition coefficient (Wildman–Crippen LogP) is 2.57. The number of aliphatic hydroxyl groups is 1. The van der Waals surface area contributed by atoms with E-state index in [1.54, 1.807) is 76.5 Å². The number of benzene rings is 2. The minimum Gasteiger partial charge on any atom is -0.389 e. The van der Waals surface area contributed by atoms with Crippen molar-refractivity contribution in [2.24, 2.45) is 11.8 Å². The van der Waals surface area contributed by atoms with E-state index in [0.29, 0.717) is 11.4 Å². The van der Waals surface area contributed by atoms with Gasteiger partial charge in [0.15, 0.2) is 0 Å². The molecular formula is C41H56N8O7S2. The molecule has 0 aliphatic rings. The zero-order valence-corrected chi connectivity index (χ0v) is 35.4. The minimum atomic E-state index is -4.19. The van der Waals surface area contributed by atoms with E-state index < -0.39 is 74.3 Å². The van der Waals surface area contributed by atoms with E-state index in [2.05, 4.69) is 30.0 Å². The lowest BCUT2D eigenvalue weighted by molar-refractivity contribution is -0.126. The van der Waals surface area contributed by atoms with Crippen LogP contribution in [-0.4, -0.2) is 96.7 Å². The maximum absolute atomic E-state index is 14.1. The zero-order valence-electron chi connectivity index (χ0n) is 33.8. The van der Waals surface area contributed by atoms with Crippen molar-refractivity contribution in [1.82, 2.24) is 38.7 Å². The summed E-state index contributed by atoms with van der Waals surface area (Å²) in [5.74, 6) is -2.39. The number of nitrogens with zero attached hydrogens (tertiary/aromatic N) is 4. The normalized spacial score (nSPS) is 14.4. The average molecular weight is 837 g/mol. The van der Waals surface area contributed by atoms with Gasteiger partial charge >= 0.3 is 0 Å². The molecule has 0 radical (unpaired) electrons. The van der Waals surface area contributed by atoms with Crippen LogP contribution in [0, 0.1) is 11.8 Å². The van der Waals surface area contributed by atoms with Crippen molar-refractivity contribution >= 4 is 32.2 Å². The summed E-state index contributed by atoms with van der Waals surface area (Å²) in [6.07, 6.45) is 1.91. The topological polar surface area (TPSA) is 203 Å². The van der Waals surface area contributed by atoms with Crippen molar-refractivity contribution in [1.29, 1.82) is 0 Å². The second kappa shape index (κ2) is 21.4. The standard InChI is InChI=1S/C41H56N8O7S2/c1-29(2)37(46-57(53,54)48(5)27-33-21-13-15-23-42-33)40(51)44-35(25-31-17-9-7-10-18-31)39(50)36(26-32-19-11-8-12-20-32)45-41(52)38(30(3)4)47-58(55,56)49(6)28-34-22-14-16-24-43-34/h7-24,29-30,35-39,46-47,50H,25-28H2,1-6H3,(H,44,51)(H,45,52)/t35-,36-,37-,38-/m0/s1.